The molecule has 3 aliphatic rings. The van der Waals surface area contributed by atoms with Crippen molar-refractivity contribution in [2.24, 2.45) is 0 Å². The van der Waals surface area contributed by atoms with E-state index in [9.17, 15) is 18.0 Å². The van der Waals surface area contributed by atoms with Gasteiger partial charge in [-0.05, 0) is 47.6 Å². The number of hydrogen-bond acceptors (Lipinski definition) is 4. The molecule has 1 aromatic carbocycles. The maximum absolute atomic E-state index is 15.1. The van der Waals surface area contributed by atoms with Gasteiger partial charge in [-0.2, -0.15) is 13.2 Å². The molecule has 1 saturated carbocycles. The first-order valence-corrected chi connectivity index (χ1v) is 10.8. The van der Waals surface area contributed by atoms with Crippen LogP contribution in [-0.2, 0) is 10.3 Å². The first-order valence-electron chi connectivity index (χ1n) is 9.72. The van der Waals surface area contributed by atoms with Crippen LogP contribution in [0.25, 0.3) is 0 Å². The molecular weight excluding hydrogens is 536 g/mol. The van der Waals surface area contributed by atoms with E-state index in [4.69, 9.17) is 0 Å². The molecule has 5 rings (SSSR count). The van der Waals surface area contributed by atoms with Gasteiger partial charge in [0.1, 0.15) is 14.9 Å². The largest absolute Gasteiger partial charge is 0.401 e. The van der Waals surface area contributed by atoms with E-state index in [1.54, 1.807) is 15.7 Å². The molecule has 1 aromatic heterocycles. The van der Waals surface area contributed by atoms with Crippen LogP contribution in [0, 0.1) is 15.3 Å². The second-order valence-electron chi connectivity index (χ2n) is 8.02. The third kappa shape index (κ3) is 3.38. The Morgan fingerprint density at radius 3 is 2.23 bits per heavy atom. The number of fused-ring (bicyclic) bond motifs is 2. The smallest absolute Gasteiger partial charge is 0.369 e. The summed E-state index contributed by atoms with van der Waals surface area (Å²) in [5.41, 5.74) is -1.05. The van der Waals surface area contributed by atoms with Crippen LogP contribution in [0.2, 0.25) is 0 Å². The quantitative estimate of drug-likeness (QED) is 0.431. The Kier molecular flexibility index (Phi) is 4.74. The number of piperazine rings is 1. The lowest BCUT2D eigenvalue weighted by molar-refractivity contribution is -0.146. The molecule has 0 N–H and O–H groups in total. The van der Waals surface area contributed by atoms with Gasteiger partial charge < -0.3 is 4.90 Å². The molecule has 0 radical (unpaired) electrons. The first-order chi connectivity index (χ1) is 14.6. The SMILES string of the molecule is O=C1N(c2c(F)cc(N3CCN(CC(F)(F)F)CC3)cc2F)c2ncc(I)n2C12CC2. The number of aromatic nitrogens is 2. The van der Waals surface area contributed by atoms with Gasteiger partial charge >= 0.3 is 6.18 Å². The number of benzene rings is 1. The van der Waals surface area contributed by atoms with Crippen molar-refractivity contribution in [2.45, 2.75) is 24.6 Å². The predicted molar refractivity (Wildman–Crippen MR) is 110 cm³/mol. The van der Waals surface area contributed by atoms with Gasteiger partial charge in [-0.1, -0.05) is 0 Å². The van der Waals surface area contributed by atoms with E-state index in [0.717, 1.165) is 20.7 Å². The van der Waals surface area contributed by atoms with Crippen LogP contribution < -0.4 is 9.80 Å². The van der Waals surface area contributed by atoms with Crippen LogP contribution in [0.3, 0.4) is 0 Å². The van der Waals surface area contributed by atoms with E-state index >= 15 is 8.78 Å². The Bertz CT molecular complexity index is 1040. The van der Waals surface area contributed by atoms with Crippen molar-refractivity contribution in [3.8, 4) is 0 Å². The fraction of sp³-hybridized carbons (Fsp3) is 0.474. The summed E-state index contributed by atoms with van der Waals surface area (Å²) in [5, 5.41) is 0. The maximum atomic E-state index is 15.1. The van der Waals surface area contributed by atoms with E-state index in [1.165, 1.54) is 4.90 Å². The molecule has 1 amide bonds. The molecule has 1 saturated heterocycles. The van der Waals surface area contributed by atoms with Gasteiger partial charge in [0.2, 0.25) is 5.95 Å². The molecule has 166 valence electrons. The fourth-order valence-corrected chi connectivity index (χ4v) is 5.21. The average molecular weight is 553 g/mol. The van der Waals surface area contributed by atoms with Crippen LogP contribution in [0.15, 0.2) is 18.3 Å². The summed E-state index contributed by atoms with van der Waals surface area (Å²) in [6, 6.07) is 2.25. The zero-order chi connectivity index (χ0) is 22.1. The topological polar surface area (TPSA) is 44.6 Å². The second kappa shape index (κ2) is 7.02. The Morgan fingerprint density at radius 2 is 1.68 bits per heavy atom. The van der Waals surface area contributed by atoms with Crippen LogP contribution in [0.5, 0.6) is 0 Å². The number of halogens is 6. The highest BCUT2D eigenvalue weighted by Gasteiger charge is 2.61. The van der Waals surface area contributed by atoms with Crippen molar-refractivity contribution in [1.82, 2.24) is 14.5 Å². The Balaban J connectivity index is 1.41. The molecule has 2 fully saturated rings. The Morgan fingerprint density at radius 1 is 1.06 bits per heavy atom. The highest BCUT2D eigenvalue weighted by molar-refractivity contribution is 14.1. The summed E-state index contributed by atoms with van der Waals surface area (Å²) in [4.78, 5) is 21.1. The molecule has 2 aromatic rings. The number of hydrogen-bond donors (Lipinski definition) is 0. The van der Waals surface area contributed by atoms with Crippen molar-refractivity contribution in [3.63, 3.8) is 0 Å². The number of rotatable bonds is 3. The van der Waals surface area contributed by atoms with Gasteiger partial charge in [-0.25, -0.2) is 18.7 Å². The maximum Gasteiger partial charge on any atom is 0.401 e. The lowest BCUT2D eigenvalue weighted by Crippen LogP contribution is -2.49. The summed E-state index contributed by atoms with van der Waals surface area (Å²) in [5.74, 6) is -2.04. The van der Waals surface area contributed by atoms with Crippen LogP contribution in [0.1, 0.15) is 12.8 Å². The standard InChI is InChI=1S/C19H17F5IN5O/c20-12-7-11(28-5-3-27(4-6-28)10-19(22,23)24)8-13(21)15(12)29-16(31)18(1-2-18)30-14(25)9-26-17(29)30/h7-9H,1-6,10H2. The van der Waals surface area contributed by atoms with Crippen molar-refractivity contribution in [2.75, 3.05) is 42.5 Å². The summed E-state index contributed by atoms with van der Waals surface area (Å²) in [6.07, 6.45) is -1.55. The lowest BCUT2D eigenvalue weighted by Gasteiger charge is -2.36. The minimum absolute atomic E-state index is 0.132. The second-order valence-corrected chi connectivity index (χ2v) is 9.13. The molecule has 31 heavy (non-hydrogen) atoms. The van der Waals surface area contributed by atoms with Crippen molar-refractivity contribution in [3.05, 3.63) is 33.7 Å². The zero-order valence-corrected chi connectivity index (χ0v) is 18.3. The van der Waals surface area contributed by atoms with Gasteiger partial charge in [0.15, 0.2) is 11.6 Å². The van der Waals surface area contributed by atoms with Crippen molar-refractivity contribution in [1.29, 1.82) is 0 Å². The van der Waals surface area contributed by atoms with E-state index in [2.05, 4.69) is 4.98 Å². The minimum Gasteiger partial charge on any atom is -0.369 e. The minimum atomic E-state index is -4.28. The van der Waals surface area contributed by atoms with Gasteiger partial charge in [0, 0.05) is 31.9 Å². The lowest BCUT2D eigenvalue weighted by atomic mass is 10.2. The van der Waals surface area contributed by atoms with E-state index < -0.39 is 41.5 Å². The molecule has 2 aliphatic heterocycles. The highest BCUT2D eigenvalue weighted by atomic mass is 127. The number of anilines is 3. The fourth-order valence-electron chi connectivity index (χ4n) is 4.39. The molecule has 0 unspecified atom stereocenters. The van der Waals surface area contributed by atoms with Crippen LogP contribution in [0.4, 0.5) is 39.3 Å². The van der Waals surface area contributed by atoms with Gasteiger partial charge in [-0.3, -0.25) is 14.3 Å². The van der Waals surface area contributed by atoms with Gasteiger partial charge in [0.05, 0.1) is 12.7 Å². The number of nitrogens with zero attached hydrogens (tertiary/aromatic N) is 5. The summed E-state index contributed by atoms with van der Waals surface area (Å²) < 4.78 is 70.3. The third-order valence-corrected chi connectivity index (χ3v) is 6.78. The van der Waals surface area contributed by atoms with Crippen molar-refractivity contribution < 1.29 is 26.7 Å². The molecule has 3 heterocycles. The summed E-state index contributed by atoms with van der Waals surface area (Å²) >= 11 is 2.04. The Labute approximate surface area is 187 Å². The molecule has 1 spiro atoms. The predicted octanol–water partition coefficient (Wildman–Crippen LogP) is 3.62. The average Bonchev–Trinajstić information content (AvgIpc) is 3.34. The van der Waals surface area contributed by atoms with E-state index in [0.29, 0.717) is 12.8 Å². The zero-order valence-electron chi connectivity index (χ0n) is 16.1. The third-order valence-electron chi connectivity index (χ3n) is 6.02. The first kappa shape index (κ1) is 20.9. The summed E-state index contributed by atoms with van der Waals surface area (Å²) in [7, 11) is 0. The molecule has 12 heteroatoms. The van der Waals surface area contributed by atoms with Crippen LogP contribution >= 0.6 is 22.6 Å². The van der Waals surface area contributed by atoms with Crippen LogP contribution in [-0.4, -0.2) is 59.3 Å². The van der Waals surface area contributed by atoms with E-state index in [-0.39, 0.29) is 37.8 Å². The highest BCUT2D eigenvalue weighted by Crippen LogP contribution is 2.55. The Hall–Kier alpha value is -1.96. The number of carbonyl (C=O) groups excluding carboxylic acids is 1. The molecule has 0 atom stereocenters. The monoisotopic (exact) mass is 553 g/mol. The molecule has 0 bridgehead atoms. The van der Waals surface area contributed by atoms with Gasteiger partial charge in [0.25, 0.3) is 5.91 Å². The van der Waals surface area contributed by atoms with Crippen molar-refractivity contribution >= 4 is 45.8 Å². The number of amides is 1. The molecule has 6 nitrogen and oxygen atoms in total. The van der Waals surface area contributed by atoms with Gasteiger partial charge in [-0.15, -0.1) is 0 Å². The molecule has 1 aliphatic carbocycles. The number of carbonyl (C=O) groups is 1. The van der Waals surface area contributed by atoms with E-state index in [1.807, 2.05) is 22.6 Å². The molecular formula is C19H17F5IN5O. The number of alkyl halides is 3. The normalized spacial score (nSPS) is 20.6. The summed E-state index contributed by atoms with van der Waals surface area (Å²) in [6.45, 7) is -0.320. The number of imidazole rings is 1.